The Kier molecular flexibility index (Phi) is 7.09. The number of nitrogens with zero attached hydrogens (tertiary/aromatic N) is 6. The summed E-state index contributed by atoms with van der Waals surface area (Å²) in [6.07, 6.45) is 6.10. The van der Waals surface area contributed by atoms with Gasteiger partial charge in [0.15, 0.2) is 0 Å². The molecule has 4 aromatic carbocycles. The molecule has 2 aliphatic heterocycles. The Morgan fingerprint density at radius 1 is 0.642 bits per heavy atom. The monoisotopic (exact) mass is 703 g/mol. The second kappa shape index (κ2) is 12.1. The summed E-state index contributed by atoms with van der Waals surface area (Å²) in [6, 6.07) is 21.5. The topological polar surface area (TPSA) is 184 Å². The van der Waals surface area contributed by atoms with Gasteiger partial charge < -0.3 is 25.1 Å². The van der Waals surface area contributed by atoms with Crippen LogP contribution in [0.2, 0.25) is 0 Å². The lowest BCUT2D eigenvalue weighted by molar-refractivity contribution is -0.139. The molecular formula is C39H33N11O3. The first-order valence-corrected chi connectivity index (χ1v) is 17.7. The summed E-state index contributed by atoms with van der Waals surface area (Å²) >= 11 is 0. The first kappa shape index (κ1) is 30.9. The van der Waals surface area contributed by atoms with Gasteiger partial charge in [-0.2, -0.15) is 10.2 Å². The van der Waals surface area contributed by atoms with Crippen molar-refractivity contribution in [1.29, 1.82) is 0 Å². The molecule has 2 atom stereocenters. The molecule has 0 saturated carbocycles. The molecule has 8 aromatic rings. The Morgan fingerprint density at radius 3 is 1.79 bits per heavy atom. The molecule has 10 rings (SSSR count). The molecule has 0 bridgehead atoms. The molecule has 5 N–H and O–H groups in total. The summed E-state index contributed by atoms with van der Waals surface area (Å²) in [7, 11) is 0. The minimum atomic E-state index is -0.614. The number of carbonyl (C=O) groups is 3. The van der Waals surface area contributed by atoms with Crippen LogP contribution in [0.4, 0.5) is 5.69 Å². The molecule has 3 amide bonds. The fourth-order valence-electron chi connectivity index (χ4n) is 7.80. The summed E-state index contributed by atoms with van der Waals surface area (Å²) in [4.78, 5) is 60.9. The number of nitrogens with one attached hydrogen (secondary N) is 5. The van der Waals surface area contributed by atoms with Gasteiger partial charge in [-0.1, -0.05) is 12.1 Å². The zero-order chi connectivity index (χ0) is 35.6. The number of imidazole rings is 2. The van der Waals surface area contributed by atoms with Crippen LogP contribution in [0.3, 0.4) is 0 Å². The van der Waals surface area contributed by atoms with Gasteiger partial charge in [-0.05, 0) is 86.3 Å². The molecule has 0 spiro atoms. The number of carbonyl (C=O) groups excluding carboxylic acids is 3. The maximum atomic E-state index is 14.0. The highest BCUT2D eigenvalue weighted by atomic mass is 16.2. The Balaban J connectivity index is 0.805. The fraction of sp³-hybridized carbons (Fsp3) is 0.205. The number of hydrogen-bond acceptors (Lipinski definition) is 7. The number of benzene rings is 4. The van der Waals surface area contributed by atoms with Crippen molar-refractivity contribution in [1.82, 2.24) is 50.1 Å². The summed E-state index contributed by atoms with van der Waals surface area (Å²) in [6.45, 7) is 0.960. The fourth-order valence-corrected chi connectivity index (χ4v) is 7.80. The van der Waals surface area contributed by atoms with Gasteiger partial charge in [0.05, 0.1) is 45.5 Å². The number of amides is 3. The smallest absolute Gasteiger partial charge is 0.254 e. The van der Waals surface area contributed by atoms with Gasteiger partial charge in [-0.3, -0.25) is 24.6 Å². The molecule has 2 aliphatic rings. The van der Waals surface area contributed by atoms with E-state index in [2.05, 4.69) is 35.7 Å². The van der Waals surface area contributed by atoms with Crippen LogP contribution in [-0.2, 0) is 9.59 Å². The number of hydrogen-bond donors (Lipinski definition) is 5. The Morgan fingerprint density at radius 2 is 1.19 bits per heavy atom. The van der Waals surface area contributed by atoms with E-state index in [0.29, 0.717) is 43.0 Å². The van der Waals surface area contributed by atoms with Crippen LogP contribution in [0, 0.1) is 0 Å². The van der Waals surface area contributed by atoms with Gasteiger partial charge in [0, 0.05) is 46.2 Å². The lowest BCUT2D eigenvalue weighted by Gasteiger charge is -2.31. The molecular weight excluding hydrogens is 671 g/mol. The van der Waals surface area contributed by atoms with Crippen molar-refractivity contribution in [2.75, 3.05) is 18.4 Å². The predicted octanol–water partition coefficient (Wildman–Crippen LogP) is 5.76. The standard InChI is InChI=1S/C39H33N11O3/c51-37(42-26-11-9-22(10-12-26)36-44-30-16-25-20-41-48-28(25)18-32(30)46-36)33-3-1-13-49(33)39(53)34-4-2-14-50(34)38(52)23-7-5-21(6-8-23)35-43-29-15-24-19-40-47-27(24)17-31(29)45-35/h5-12,15-20,33-34H,1-4,13-14H2,(H,40,47)(H,41,48)(H,42,51)(H,43,45)(H,44,46)/t33-,34-/m0/s1. The molecule has 0 radical (unpaired) electrons. The molecule has 262 valence electrons. The summed E-state index contributed by atoms with van der Waals surface area (Å²) in [5, 5.41) is 19.1. The van der Waals surface area contributed by atoms with E-state index in [1.165, 1.54) is 0 Å². The average Bonchev–Trinajstić information content (AvgIpc) is 4.04. The van der Waals surface area contributed by atoms with Crippen molar-refractivity contribution < 1.29 is 14.4 Å². The van der Waals surface area contributed by atoms with Gasteiger partial charge in [-0.25, -0.2) is 9.97 Å². The zero-order valence-corrected chi connectivity index (χ0v) is 28.4. The number of anilines is 1. The highest BCUT2D eigenvalue weighted by molar-refractivity contribution is 6.01. The quantitative estimate of drug-likeness (QED) is 0.146. The normalized spacial score (nSPS) is 17.5. The number of rotatable bonds is 6. The predicted molar refractivity (Wildman–Crippen MR) is 200 cm³/mol. The van der Waals surface area contributed by atoms with Crippen LogP contribution >= 0.6 is 0 Å². The van der Waals surface area contributed by atoms with Gasteiger partial charge in [0.2, 0.25) is 11.8 Å². The van der Waals surface area contributed by atoms with Crippen LogP contribution in [0.25, 0.3) is 66.6 Å². The van der Waals surface area contributed by atoms with E-state index < -0.39 is 12.1 Å². The molecule has 14 nitrogen and oxygen atoms in total. The zero-order valence-electron chi connectivity index (χ0n) is 28.4. The second-order valence-electron chi connectivity index (χ2n) is 13.8. The number of aromatic nitrogens is 8. The highest BCUT2D eigenvalue weighted by Gasteiger charge is 2.42. The van der Waals surface area contributed by atoms with Crippen molar-refractivity contribution in [3.63, 3.8) is 0 Å². The van der Waals surface area contributed by atoms with E-state index in [9.17, 15) is 14.4 Å². The Bertz CT molecular complexity index is 2610. The molecule has 53 heavy (non-hydrogen) atoms. The highest BCUT2D eigenvalue weighted by Crippen LogP contribution is 2.30. The van der Waals surface area contributed by atoms with Crippen molar-refractivity contribution in [3.05, 3.63) is 90.8 Å². The van der Waals surface area contributed by atoms with Crippen LogP contribution in [0.15, 0.2) is 85.2 Å². The largest absolute Gasteiger partial charge is 0.338 e. The molecule has 6 heterocycles. The molecule has 0 unspecified atom stereocenters. The van der Waals surface area contributed by atoms with Gasteiger partial charge in [0.1, 0.15) is 23.7 Å². The summed E-state index contributed by atoms with van der Waals surface area (Å²) in [5.74, 6) is 0.818. The van der Waals surface area contributed by atoms with Gasteiger partial charge in [-0.15, -0.1) is 0 Å². The van der Waals surface area contributed by atoms with E-state index in [1.807, 2.05) is 60.7 Å². The van der Waals surface area contributed by atoms with Gasteiger partial charge in [0.25, 0.3) is 5.91 Å². The van der Waals surface area contributed by atoms with Crippen molar-refractivity contribution in [2.45, 2.75) is 37.8 Å². The number of fused-ring (bicyclic) bond motifs is 4. The van der Waals surface area contributed by atoms with E-state index >= 15 is 0 Å². The SMILES string of the molecule is O=C(Nc1ccc(-c2nc3cc4cn[nH]c4cc3[nH]2)cc1)[C@@H]1CCCN1C(=O)[C@@H]1CCCN1C(=O)c1ccc(-c2nc3cc4cn[nH]c4cc3[nH]2)cc1. The molecule has 2 fully saturated rings. The summed E-state index contributed by atoms with van der Waals surface area (Å²) < 4.78 is 0. The molecule has 0 aliphatic carbocycles. The third-order valence-electron chi connectivity index (χ3n) is 10.6. The van der Waals surface area contributed by atoms with E-state index in [1.54, 1.807) is 34.3 Å². The lowest BCUT2D eigenvalue weighted by Crippen LogP contribution is -2.51. The van der Waals surface area contributed by atoms with E-state index in [-0.39, 0.29) is 17.7 Å². The van der Waals surface area contributed by atoms with Crippen LogP contribution < -0.4 is 5.32 Å². The van der Waals surface area contributed by atoms with E-state index in [0.717, 1.165) is 73.7 Å². The van der Waals surface area contributed by atoms with Crippen molar-refractivity contribution in [3.8, 4) is 22.8 Å². The summed E-state index contributed by atoms with van der Waals surface area (Å²) in [5.41, 5.74) is 8.17. The van der Waals surface area contributed by atoms with Crippen molar-refractivity contribution >= 4 is 67.3 Å². The van der Waals surface area contributed by atoms with Crippen LogP contribution in [0.5, 0.6) is 0 Å². The molecule has 2 saturated heterocycles. The third kappa shape index (κ3) is 5.37. The molecule has 4 aromatic heterocycles. The third-order valence-corrected chi connectivity index (χ3v) is 10.6. The average molecular weight is 704 g/mol. The Labute approximate surface area is 301 Å². The number of likely N-dealkylation sites (tertiary alicyclic amines) is 2. The molecule has 14 heteroatoms. The van der Waals surface area contributed by atoms with E-state index in [4.69, 9.17) is 9.97 Å². The van der Waals surface area contributed by atoms with Crippen LogP contribution in [-0.4, -0.2) is 93.0 Å². The first-order valence-electron chi connectivity index (χ1n) is 17.7. The first-order chi connectivity index (χ1) is 25.9. The van der Waals surface area contributed by atoms with Crippen molar-refractivity contribution in [2.24, 2.45) is 0 Å². The number of aromatic amines is 4. The minimum Gasteiger partial charge on any atom is -0.338 e. The maximum Gasteiger partial charge on any atom is 0.254 e. The second-order valence-corrected chi connectivity index (χ2v) is 13.8. The lowest BCUT2D eigenvalue weighted by atomic mass is 10.1. The van der Waals surface area contributed by atoms with Crippen LogP contribution in [0.1, 0.15) is 36.0 Å². The van der Waals surface area contributed by atoms with Gasteiger partial charge >= 0.3 is 0 Å². The number of H-pyrrole nitrogens is 4. The maximum absolute atomic E-state index is 14.0. The Hall–Kier alpha value is -6.83. The minimum absolute atomic E-state index is 0.175.